The van der Waals surface area contributed by atoms with Gasteiger partial charge in [0.2, 0.25) is 10.0 Å². The summed E-state index contributed by atoms with van der Waals surface area (Å²) >= 11 is 0. The van der Waals surface area contributed by atoms with Crippen molar-refractivity contribution in [3.8, 4) is 0 Å². The number of aromatic carboxylic acids is 1. The largest absolute Gasteiger partial charge is 0.478 e. The van der Waals surface area contributed by atoms with Crippen LogP contribution in [0.25, 0.3) is 0 Å². The smallest absolute Gasteiger partial charge is 0.337 e. The van der Waals surface area contributed by atoms with E-state index in [0.717, 1.165) is 10.4 Å². The van der Waals surface area contributed by atoms with Crippen molar-refractivity contribution in [2.45, 2.75) is 24.8 Å². The summed E-state index contributed by atoms with van der Waals surface area (Å²) in [6.45, 7) is 3.40. The number of benzene rings is 1. The Morgan fingerprint density at radius 1 is 1.39 bits per heavy atom. The zero-order chi connectivity index (χ0) is 14.1. The molecule has 0 atom stereocenters. The molecular formula is C11H16N2O4S. The van der Waals surface area contributed by atoms with E-state index in [4.69, 9.17) is 10.8 Å². The van der Waals surface area contributed by atoms with Crippen LogP contribution >= 0.6 is 0 Å². The molecule has 1 aromatic rings. The summed E-state index contributed by atoms with van der Waals surface area (Å²) in [5, 5.41) is 9.02. The molecule has 0 saturated carbocycles. The van der Waals surface area contributed by atoms with Crippen LogP contribution in [0, 0.1) is 0 Å². The molecule has 0 aliphatic heterocycles. The molecule has 0 bridgehead atoms. The van der Waals surface area contributed by atoms with Gasteiger partial charge in [-0.2, -0.15) is 4.31 Å². The highest BCUT2D eigenvalue weighted by atomic mass is 32.2. The van der Waals surface area contributed by atoms with Crippen molar-refractivity contribution >= 4 is 21.7 Å². The summed E-state index contributed by atoms with van der Waals surface area (Å²) in [7, 11) is -2.47. The highest BCUT2D eigenvalue weighted by molar-refractivity contribution is 7.89. The van der Waals surface area contributed by atoms with E-state index in [1.165, 1.54) is 19.2 Å². The van der Waals surface area contributed by atoms with E-state index in [9.17, 15) is 13.2 Å². The fourth-order valence-corrected chi connectivity index (χ4v) is 2.95. The topological polar surface area (TPSA) is 101 Å². The summed E-state index contributed by atoms with van der Waals surface area (Å²) in [5.74, 6) is -1.30. The van der Waals surface area contributed by atoms with Gasteiger partial charge in [0.05, 0.1) is 10.5 Å². The Bertz CT molecular complexity index is 566. The Morgan fingerprint density at radius 3 is 2.39 bits per heavy atom. The molecule has 0 spiro atoms. The number of nitrogens with two attached hydrogens (primary N) is 1. The van der Waals surface area contributed by atoms with Crippen molar-refractivity contribution in [3.63, 3.8) is 0 Å². The number of anilines is 1. The van der Waals surface area contributed by atoms with Crippen molar-refractivity contribution in [2.24, 2.45) is 0 Å². The predicted molar refractivity (Wildman–Crippen MR) is 67.9 cm³/mol. The molecule has 0 heterocycles. The minimum Gasteiger partial charge on any atom is -0.478 e. The molecule has 0 amide bonds. The fourth-order valence-electron chi connectivity index (χ4n) is 1.36. The van der Waals surface area contributed by atoms with E-state index in [1.54, 1.807) is 13.8 Å². The lowest BCUT2D eigenvalue weighted by Gasteiger charge is -2.22. The van der Waals surface area contributed by atoms with Crippen molar-refractivity contribution in [2.75, 3.05) is 12.8 Å². The van der Waals surface area contributed by atoms with Crippen LogP contribution in [0.3, 0.4) is 0 Å². The Kier molecular flexibility index (Phi) is 3.98. The minimum absolute atomic E-state index is 0.204. The molecule has 18 heavy (non-hydrogen) atoms. The van der Waals surface area contributed by atoms with Crippen LogP contribution in [0.15, 0.2) is 23.1 Å². The molecule has 0 aliphatic carbocycles. The van der Waals surface area contributed by atoms with Crippen LogP contribution in [-0.4, -0.2) is 36.9 Å². The van der Waals surface area contributed by atoms with Crippen molar-refractivity contribution in [1.29, 1.82) is 0 Å². The highest BCUT2D eigenvalue weighted by Gasteiger charge is 2.28. The first-order chi connectivity index (χ1) is 8.17. The Labute approximate surface area is 106 Å². The molecular weight excluding hydrogens is 256 g/mol. The number of nitrogens with zero attached hydrogens (tertiary/aromatic N) is 1. The number of rotatable bonds is 4. The number of carbonyl (C=O) groups is 1. The van der Waals surface area contributed by atoms with Crippen LogP contribution in [-0.2, 0) is 10.0 Å². The van der Waals surface area contributed by atoms with Crippen LogP contribution in [0.2, 0.25) is 0 Å². The minimum atomic E-state index is -3.86. The van der Waals surface area contributed by atoms with Crippen molar-refractivity contribution in [1.82, 2.24) is 4.31 Å². The summed E-state index contributed by atoms with van der Waals surface area (Å²) < 4.78 is 25.6. The summed E-state index contributed by atoms with van der Waals surface area (Å²) in [4.78, 5) is 10.8. The second kappa shape index (κ2) is 4.95. The monoisotopic (exact) mass is 272 g/mol. The predicted octanol–water partition coefficient (Wildman–Crippen LogP) is 0.996. The van der Waals surface area contributed by atoms with Gasteiger partial charge in [0.25, 0.3) is 0 Å². The zero-order valence-corrected chi connectivity index (χ0v) is 11.2. The Hall–Kier alpha value is -1.60. The lowest BCUT2D eigenvalue weighted by atomic mass is 10.2. The van der Waals surface area contributed by atoms with Gasteiger partial charge < -0.3 is 10.8 Å². The summed E-state index contributed by atoms with van der Waals surface area (Å²) in [6.07, 6.45) is 0. The molecule has 7 heteroatoms. The van der Waals surface area contributed by atoms with Crippen LogP contribution in [0.1, 0.15) is 24.2 Å². The summed E-state index contributed by atoms with van der Waals surface area (Å²) in [6, 6.07) is 3.44. The quantitative estimate of drug-likeness (QED) is 0.796. The lowest BCUT2D eigenvalue weighted by molar-refractivity contribution is 0.0692. The molecule has 0 aromatic heterocycles. The standard InChI is InChI=1S/C11H16N2O4S/c1-7(2)13(3)18(16,17)10-6-8(12)4-5-9(10)11(14)15/h4-7H,12H2,1-3H3,(H,14,15). The molecule has 0 radical (unpaired) electrons. The molecule has 1 aromatic carbocycles. The first kappa shape index (κ1) is 14.5. The number of carboxylic acids is 1. The van der Waals surface area contributed by atoms with Gasteiger partial charge in [-0.15, -0.1) is 0 Å². The maximum absolute atomic E-state index is 12.3. The average molecular weight is 272 g/mol. The van der Waals surface area contributed by atoms with Crippen LogP contribution in [0.4, 0.5) is 5.69 Å². The average Bonchev–Trinajstić information content (AvgIpc) is 2.27. The van der Waals surface area contributed by atoms with Gasteiger partial charge in [-0.05, 0) is 32.0 Å². The van der Waals surface area contributed by atoms with E-state index in [1.807, 2.05) is 0 Å². The molecule has 100 valence electrons. The number of hydrogen-bond acceptors (Lipinski definition) is 4. The van der Waals surface area contributed by atoms with Gasteiger partial charge in [0.1, 0.15) is 0 Å². The molecule has 3 N–H and O–H groups in total. The van der Waals surface area contributed by atoms with Gasteiger partial charge in [0, 0.05) is 18.8 Å². The first-order valence-corrected chi connectivity index (χ1v) is 6.72. The SMILES string of the molecule is CC(C)N(C)S(=O)(=O)c1cc(N)ccc1C(=O)O. The molecule has 0 fully saturated rings. The number of sulfonamides is 1. The number of carboxylic acid groups (broad SMARTS) is 1. The third-order valence-corrected chi connectivity index (χ3v) is 4.69. The number of hydrogen-bond donors (Lipinski definition) is 2. The second-order valence-electron chi connectivity index (χ2n) is 4.18. The molecule has 0 saturated heterocycles. The zero-order valence-electron chi connectivity index (χ0n) is 10.4. The van der Waals surface area contributed by atoms with Crippen molar-refractivity contribution < 1.29 is 18.3 Å². The highest BCUT2D eigenvalue weighted by Crippen LogP contribution is 2.23. The summed E-state index contributed by atoms with van der Waals surface area (Å²) in [5.41, 5.74) is 5.45. The van der Waals surface area contributed by atoms with Gasteiger partial charge in [-0.1, -0.05) is 0 Å². The van der Waals surface area contributed by atoms with E-state index < -0.39 is 16.0 Å². The maximum atomic E-state index is 12.3. The van der Waals surface area contributed by atoms with Gasteiger partial charge in [0.15, 0.2) is 0 Å². The molecule has 0 unspecified atom stereocenters. The third kappa shape index (κ3) is 2.62. The van der Waals surface area contributed by atoms with Gasteiger partial charge in [-0.25, -0.2) is 13.2 Å². The fraction of sp³-hybridized carbons (Fsp3) is 0.364. The van der Waals surface area contributed by atoms with E-state index in [0.29, 0.717) is 0 Å². The lowest BCUT2D eigenvalue weighted by Crippen LogP contribution is -2.34. The normalized spacial score (nSPS) is 12.1. The Morgan fingerprint density at radius 2 is 1.94 bits per heavy atom. The van der Waals surface area contributed by atoms with E-state index in [-0.39, 0.29) is 22.2 Å². The van der Waals surface area contributed by atoms with Crippen LogP contribution in [0.5, 0.6) is 0 Å². The molecule has 1 rings (SSSR count). The second-order valence-corrected chi connectivity index (χ2v) is 6.14. The van der Waals surface area contributed by atoms with Gasteiger partial charge in [-0.3, -0.25) is 0 Å². The van der Waals surface area contributed by atoms with Crippen molar-refractivity contribution in [3.05, 3.63) is 23.8 Å². The first-order valence-electron chi connectivity index (χ1n) is 5.28. The van der Waals surface area contributed by atoms with Gasteiger partial charge >= 0.3 is 5.97 Å². The molecule has 0 aliphatic rings. The van der Waals surface area contributed by atoms with E-state index >= 15 is 0 Å². The maximum Gasteiger partial charge on any atom is 0.337 e. The van der Waals surface area contributed by atoms with Crippen LogP contribution < -0.4 is 5.73 Å². The third-order valence-electron chi connectivity index (χ3n) is 2.62. The molecule has 6 nitrogen and oxygen atoms in total. The number of nitrogen functional groups attached to an aromatic ring is 1. The van der Waals surface area contributed by atoms with E-state index in [2.05, 4.69) is 0 Å². The Balaban J connectivity index is 3.49.